The van der Waals surface area contributed by atoms with Crippen LogP contribution in [0.4, 0.5) is 11.4 Å². The number of nitrogens with two attached hydrogens (primary N) is 1. The number of halogens is 4. The number of nitrogens with zero attached hydrogens (tertiary/aromatic N) is 1. The number of nitrogen functional groups attached to an aromatic ring is 1. The second-order valence-corrected chi connectivity index (χ2v) is 8.51. The fourth-order valence-corrected chi connectivity index (χ4v) is 5.74. The van der Waals surface area contributed by atoms with Crippen molar-refractivity contribution in [3.05, 3.63) is 43.0 Å². The molecule has 2 aromatic rings. The van der Waals surface area contributed by atoms with Crippen LogP contribution in [0.5, 0.6) is 0 Å². The molecule has 0 radical (unpaired) electrons. The van der Waals surface area contributed by atoms with Gasteiger partial charge >= 0.3 is 0 Å². The Hall–Kier alpha value is -0.350. The van der Waals surface area contributed by atoms with Crippen LogP contribution in [-0.4, -0.2) is 13.4 Å². The molecule has 0 fully saturated rings. The van der Waals surface area contributed by atoms with Gasteiger partial charge in [0.15, 0.2) is 5.15 Å². The minimum Gasteiger partial charge on any atom is -0.399 e. The number of hydrogen-bond donors (Lipinski definition) is 2. The zero-order valence-corrected chi connectivity index (χ0v) is 16.4. The summed E-state index contributed by atoms with van der Waals surface area (Å²) >= 11 is 15.5. The van der Waals surface area contributed by atoms with Gasteiger partial charge in [-0.25, -0.2) is 13.4 Å². The van der Waals surface area contributed by atoms with Gasteiger partial charge in [-0.15, -0.1) is 0 Å². The Bertz CT molecular complexity index is 791. The Morgan fingerprint density at radius 2 is 1.71 bits per heavy atom. The quantitative estimate of drug-likeness (QED) is 0.464. The van der Waals surface area contributed by atoms with E-state index in [1.165, 1.54) is 24.4 Å². The van der Waals surface area contributed by atoms with E-state index >= 15 is 0 Å². The molecule has 21 heavy (non-hydrogen) atoms. The highest BCUT2D eigenvalue weighted by molar-refractivity contribution is 9.11. The van der Waals surface area contributed by atoms with E-state index in [0.29, 0.717) is 19.1 Å². The molecule has 1 aromatic heterocycles. The smallest absolute Gasteiger partial charge is 0.264 e. The first-order chi connectivity index (χ1) is 9.70. The van der Waals surface area contributed by atoms with Gasteiger partial charge in [0, 0.05) is 25.3 Å². The predicted octanol–water partition coefficient (Wildman–Crippen LogP) is 4.41. The van der Waals surface area contributed by atoms with Gasteiger partial charge < -0.3 is 5.73 Å². The zero-order chi connectivity index (χ0) is 15.8. The standard InChI is InChI=1S/C11H7Br3ClN3O2S/c12-5-1-9(11(15)17-4-5)18-21(19,20)10-7(13)2-6(16)3-8(10)14/h1-4,18H,16H2. The molecule has 1 heterocycles. The van der Waals surface area contributed by atoms with Gasteiger partial charge in [0.1, 0.15) is 4.90 Å². The lowest BCUT2D eigenvalue weighted by atomic mass is 10.3. The van der Waals surface area contributed by atoms with Crippen molar-refractivity contribution in [2.45, 2.75) is 4.90 Å². The van der Waals surface area contributed by atoms with Crippen LogP contribution in [0.2, 0.25) is 5.15 Å². The highest BCUT2D eigenvalue weighted by Crippen LogP contribution is 2.34. The lowest BCUT2D eigenvalue weighted by molar-refractivity contribution is 0.600. The van der Waals surface area contributed by atoms with Gasteiger partial charge in [0.05, 0.1) is 5.69 Å². The number of hydrogen-bond acceptors (Lipinski definition) is 4. The van der Waals surface area contributed by atoms with Crippen molar-refractivity contribution in [1.29, 1.82) is 0 Å². The Kier molecular flexibility index (Phi) is 5.19. The number of aromatic nitrogens is 1. The number of pyridine rings is 1. The van der Waals surface area contributed by atoms with Crippen LogP contribution in [0.1, 0.15) is 0 Å². The summed E-state index contributed by atoms with van der Waals surface area (Å²) < 4.78 is 28.7. The van der Waals surface area contributed by atoms with E-state index in [4.69, 9.17) is 17.3 Å². The summed E-state index contributed by atoms with van der Waals surface area (Å²) in [6, 6.07) is 4.52. The van der Waals surface area contributed by atoms with Gasteiger partial charge in [-0.3, -0.25) is 4.72 Å². The van der Waals surface area contributed by atoms with Crippen molar-refractivity contribution in [3.8, 4) is 0 Å². The van der Waals surface area contributed by atoms with E-state index in [9.17, 15) is 8.42 Å². The highest BCUT2D eigenvalue weighted by Gasteiger charge is 2.23. The van der Waals surface area contributed by atoms with Crippen LogP contribution in [0.3, 0.4) is 0 Å². The lowest BCUT2D eigenvalue weighted by Crippen LogP contribution is -2.15. The molecule has 112 valence electrons. The van der Waals surface area contributed by atoms with Crippen LogP contribution in [0, 0.1) is 0 Å². The average molecular weight is 520 g/mol. The molecule has 0 spiro atoms. The summed E-state index contributed by atoms with van der Waals surface area (Å²) in [5, 5.41) is 0.0458. The molecule has 3 N–H and O–H groups in total. The molecule has 0 bridgehead atoms. The number of benzene rings is 1. The third-order valence-corrected chi connectivity index (χ3v) is 6.32. The van der Waals surface area contributed by atoms with Crippen LogP contribution in [0.25, 0.3) is 0 Å². The molecule has 1 aromatic carbocycles. The molecule has 2 rings (SSSR count). The largest absolute Gasteiger partial charge is 0.399 e. The van der Waals surface area contributed by atoms with Crippen molar-refractivity contribution in [3.63, 3.8) is 0 Å². The van der Waals surface area contributed by atoms with Crippen molar-refractivity contribution in [1.82, 2.24) is 4.98 Å². The molecular formula is C11H7Br3ClN3O2S. The van der Waals surface area contributed by atoms with Crippen LogP contribution in [-0.2, 0) is 10.0 Å². The second-order valence-electron chi connectivity index (χ2n) is 3.91. The molecule has 0 saturated heterocycles. The Morgan fingerprint density at radius 1 is 1.14 bits per heavy atom. The Labute approximate surface area is 151 Å². The molecule has 0 aliphatic carbocycles. The number of rotatable bonds is 3. The minimum atomic E-state index is -3.88. The average Bonchev–Trinajstić information content (AvgIpc) is 2.31. The van der Waals surface area contributed by atoms with Crippen molar-refractivity contribution >= 4 is 80.8 Å². The summed E-state index contributed by atoms with van der Waals surface area (Å²) in [4.78, 5) is 3.88. The third-order valence-electron chi connectivity index (χ3n) is 2.34. The van der Waals surface area contributed by atoms with Gasteiger partial charge in [-0.1, -0.05) is 11.6 Å². The van der Waals surface area contributed by atoms with Crippen LogP contribution in [0.15, 0.2) is 42.7 Å². The SMILES string of the molecule is Nc1cc(Br)c(S(=O)(=O)Nc2cc(Br)cnc2Cl)c(Br)c1. The summed E-state index contributed by atoms with van der Waals surface area (Å²) in [6.45, 7) is 0. The van der Waals surface area contributed by atoms with E-state index in [2.05, 4.69) is 57.5 Å². The van der Waals surface area contributed by atoms with E-state index in [1.807, 2.05) is 0 Å². The van der Waals surface area contributed by atoms with Gasteiger partial charge in [0.2, 0.25) is 0 Å². The zero-order valence-electron chi connectivity index (χ0n) is 10.1. The number of sulfonamides is 1. The molecule has 5 nitrogen and oxygen atoms in total. The maximum Gasteiger partial charge on any atom is 0.264 e. The van der Waals surface area contributed by atoms with Crippen molar-refractivity contribution in [2.75, 3.05) is 10.5 Å². The number of nitrogens with one attached hydrogen (secondary N) is 1. The second kappa shape index (κ2) is 6.41. The minimum absolute atomic E-state index is 0.0211. The van der Waals surface area contributed by atoms with Gasteiger partial charge in [-0.2, -0.15) is 0 Å². The highest BCUT2D eigenvalue weighted by atomic mass is 79.9. The molecule has 10 heteroatoms. The molecule has 0 saturated carbocycles. The Balaban J connectivity index is 2.51. The maximum absolute atomic E-state index is 12.5. The van der Waals surface area contributed by atoms with Gasteiger partial charge in [-0.05, 0) is 66.0 Å². The van der Waals surface area contributed by atoms with Crippen LogP contribution < -0.4 is 10.5 Å². The first kappa shape index (κ1) is 17.0. The topological polar surface area (TPSA) is 85.1 Å². The summed E-state index contributed by atoms with van der Waals surface area (Å²) in [6.07, 6.45) is 1.47. The maximum atomic E-state index is 12.5. The first-order valence-corrected chi connectivity index (χ1v) is 9.53. The molecule has 0 aliphatic heterocycles. The van der Waals surface area contributed by atoms with E-state index in [0.717, 1.165) is 0 Å². The van der Waals surface area contributed by atoms with Crippen LogP contribution >= 0.6 is 59.4 Å². The third kappa shape index (κ3) is 3.89. The summed E-state index contributed by atoms with van der Waals surface area (Å²) in [7, 11) is -3.88. The summed E-state index contributed by atoms with van der Waals surface area (Å²) in [5.74, 6) is 0. The van der Waals surface area contributed by atoms with E-state index in [-0.39, 0.29) is 15.7 Å². The van der Waals surface area contributed by atoms with Gasteiger partial charge in [0.25, 0.3) is 10.0 Å². The molecule has 0 unspecified atom stereocenters. The summed E-state index contributed by atoms with van der Waals surface area (Å²) in [5.41, 5.74) is 6.25. The molecule has 0 amide bonds. The molecule has 0 aliphatic rings. The molecular weight excluding hydrogens is 513 g/mol. The van der Waals surface area contributed by atoms with Crippen molar-refractivity contribution < 1.29 is 8.42 Å². The van der Waals surface area contributed by atoms with E-state index < -0.39 is 10.0 Å². The predicted molar refractivity (Wildman–Crippen MR) is 94.0 cm³/mol. The lowest BCUT2D eigenvalue weighted by Gasteiger charge is -2.13. The first-order valence-electron chi connectivity index (χ1n) is 5.29. The number of anilines is 2. The Morgan fingerprint density at radius 3 is 2.29 bits per heavy atom. The fourth-order valence-electron chi connectivity index (χ4n) is 1.53. The fraction of sp³-hybridized carbons (Fsp3) is 0. The monoisotopic (exact) mass is 517 g/mol. The van der Waals surface area contributed by atoms with Crippen molar-refractivity contribution in [2.24, 2.45) is 0 Å². The molecule has 0 atom stereocenters. The normalized spacial score (nSPS) is 11.4. The van der Waals surface area contributed by atoms with E-state index in [1.54, 1.807) is 0 Å².